The molecule has 0 saturated heterocycles. The summed E-state index contributed by atoms with van der Waals surface area (Å²) in [7, 11) is 1.57. The van der Waals surface area contributed by atoms with E-state index in [2.05, 4.69) is 11.6 Å². The quantitative estimate of drug-likeness (QED) is 0.483. The van der Waals surface area contributed by atoms with Crippen molar-refractivity contribution in [3.8, 4) is 0 Å². The van der Waals surface area contributed by atoms with Gasteiger partial charge in [-0.2, -0.15) is 0 Å². The van der Waals surface area contributed by atoms with Crippen LogP contribution in [0.1, 0.15) is 11.3 Å². The summed E-state index contributed by atoms with van der Waals surface area (Å²) in [5, 5.41) is 0. The first kappa shape index (κ1) is 14.9. The van der Waals surface area contributed by atoms with E-state index in [9.17, 15) is 0 Å². The standard InChI is InChI=1S/C16H19N3O2/c1-13(20-2)16-15(18-11-17)8-9-19(16)12-21-10-14-6-4-3-5-7-14/h3-9,11H,1,10,12H2,2H3,(H2,17,18). The third-order valence-electron chi connectivity index (χ3n) is 3.01. The number of benzene rings is 1. The summed E-state index contributed by atoms with van der Waals surface area (Å²) in [6.45, 7) is 4.79. The van der Waals surface area contributed by atoms with Gasteiger partial charge in [-0.25, -0.2) is 4.99 Å². The Hall–Kier alpha value is -2.53. The third kappa shape index (κ3) is 3.73. The van der Waals surface area contributed by atoms with E-state index in [0.29, 0.717) is 24.8 Å². The minimum Gasteiger partial charge on any atom is -0.495 e. The molecule has 5 nitrogen and oxygen atoms in total. The summed E-state index contributed by atoms with van der Waals surface area (Å²) in [4.78, 5) is 4.10. The van der Waals surface area contributed by atoms with Gasteiger partial charge in [0, 0.05) is 6.20 Å². The van der Waals surface area contributed by atoms with Gasteiger partial charge in [0.2, 0.25) is 0 Å². The molecule has 5 heteroatoms. The highest BCUT2D eigenvalue weighted by molar-refractivity contribution is 5.71. The van der Waals surface area contributed by atoms with Crippen LogP contribution in [0.5, 0.6) is 0 Å². The third-order valence-corrected chi connectivity index (χ3v) is 3.01. The molecule has 2 rings (SSSR count). The average molecular weight is 285 g/mol. The van der Waals surface area contributed by atoms with Crippen molar-refractivity contribution in [3.05, 3.63) is 60.4 Å². The number of hydrogen-bond donors (Lipinski definition) is 1. The number of nitrogens with zero attached hydrogens (tertiary/aromatic N) is 2. The molecule has 1 aromatic carbocycles. The largest absolute Gasteiger partial charge is 0.495 e. The van der Waals surface area contributed by atoms with Crippen LogP contribution in [-0.2, 0) is 22.8 Å². The first-order valence-electron chi connectivity index (χ1n) is 6.54. The molecule has 1 aromatic heterocycles. The van der Waals surface area contributed by atoms with Crippen LogP contribution in [0.4, 0.5) is 5.69 Å². The van der Waals surface area contributed by atoms with Gasteiger partial charge in [-0.3, -0.25) is 0 Å². The molecule has 0 fully saturated rings. The Morgan fingerprint density at radius 2 is 2.10 bits per heavy atom. The topological polar surface area (TPSA) is 61.8 Å². The molecule has 2 aromatic rings. The lowest BCUT2D eigenvalue weighted by Crippen LogP contribution is -2.06. The first-order valence-corrected chi connectivity index (χ1v) is 6.54. The molecular formula is C16H19N3O2. The number of aromatic nitrogens is 1. The van der Waals surface area contributed by atoms with Gasteiger partial charge in [0.15, 0.2) is 0 Å². The van der Waals surface area contributed by atoms with E-state index in [1.807, 2.05) is 47.2 Å². The summed E-state index contributed by atoms with van der Waals surface area (Å²) < 4.78 is 12.8. The second-order valence-corrected chi connectivity index (χ2v) is 4.39. The molecule has 21 heavy (non-hydrogen) atoms. The maximum Gasteiger partial charge on any atom is 0.137 e. The molecule has 2 N–H and O–H groups in total. The van der Waals surface area contributed by atoms with Crippen LogP contribution in [-0.4, -0.2) is 18.0 Å². The molecule has 110 valence electrons. The number of nitrogens with two attached hydrogens (primary N) is 1. The van der Waals surface area contributed by atoms with Crippen molar-refractivity contribution in [3.63, 3.8) is 0 Å². The first-order chi connectivity index (χ1) is 10.3. The van der Waals surface area contributed by atoms with Crippen LogP contribution >= 0.6 is 0 Å². The van der Waals surface area contributed by atoms with Gasteiger partial charge in [0.05, 0.1) is 25.7 Å². The highest BCUT2D eigenvalue weighted by atomic mass is 16.5. The highest BCUT2D eigenvalue weighted by Crippen LogP contribution is 2.27. The minimum absolute atomic E-state index is 0.382. The second kappa shape index (κ2) is 7.31. The molecule has 0 radical (unpaired) electrons. The molecule has 0 saturated carbocycles. The smallest absolute Gasteiger partial charge is 0.137 e. The summed E-state index contributed by atoms with van der Waals surface area (Å²) in [6, 6.07) is 11.8. The summed E-state index contributed by atoms with van der Waals surface area (Å²) in [5.41, 5.74) is 7.93. The lowest BCUT2D eigenvalue weighted by atomic mass is 10.2. The zero-order valence-electron chi connectivity index (χ0n) is 12.0. The molecule has 0 aliphatic rings. The van der Waals surface area contributed by atoms with Crippen molar-refractivity contribution in [2.75, 3.05) is 7.11 Å². The lowest BCUT2D eigenvalue weighted by Gasteiger charge is -2.12. The van der Waals surface area contributed by atoms with E-state index in [1.54, 1.807) is 7.11 Å². The highest BCUT2D eigenvalue weighted by Gasteiger charge is 2.12. The Morgan fingerprint density at radius 1 is 1.33 bits per heavy atom. The molecule has 0 unspecified atom stereocenters. The molecule has 0 aliphatic carbocycles. The van der Waals surface area contributed by atoms with Crippen molar-refractivity contribution >= 4 is 17.8 Å². The Labute approximate surface area is 124 Å². The maximum absolute atomic E-state index is 5.72. The van der Waals surface area contributed by atoms with Crippen molar-refractivity contribution in [1.29, 1.82) is 0 Å². The van der Waals surface area contributed by atoms with Crippen molar-refractivity contribution in [2.24, 2.45) is 10.7 Å². The second-order valence-electron chi connectivity index (χ2n) is 4.39. The van der Waals surface area contributed by atoms with E-state index < -0.39 is 0 Å². The summed E-state index contributed by atoms with van der Waals surface area (Å²) in [5.74, 6) is 0.518. The van der Waals surface area contributed by atoms with E-state index in [-0.39, 0.29) is 0 Å². The zero-order chi connectivity index (χ0) is 15.1. The van der Waals surface area contributed by atoms with Crippen LogP contribution in [0, 0.1) is 0 Å². The fourth-order valence-corrected chi connectivity index (χ4v) is 1.99. The van der Waals surface area contributed by atoms with Gasteiger partial charge < -0.3 is 19.8 Å². The van der Waals surface area contributed by atoms with Gasteiger partial charge >= 0.3 is 0 Å². The SMILES string of the molecule is C=C(OC)c1c(N=CN)ccn1COCc1ccccc1. The average Bonchev–Trinajstić information content (AvgIpc) is 2.91. The van der Waals surface area contributed by atoms with Gasteiger partial charge in [-0.1, -0.05) is 36.9 Å². The van der Waals surface area contributed by atoms with Crippen molar-refractivity contribution in [1.82, 2.24) is 4.57 Å². The number of rotatable bonds is 7. The Morgan fingerprint density at radius 3 is 2.76 bits per heavy atom. The van der Waals surface area contributed by atoms with Gasteiger partial charge in [0.1, 0.15) is 18.2 Å². The fraction of sp³-hybridized carbons (Fsp3) is 0.188. The number of hydrogen-bond acceptors (Lipinski definition) is 3. The number of ether oxygens (including phenoxy) is 2. The normalized spacial score (nSPS) is 10.9. The van der Waals surface area contributed by atoms with Crippen molar-refractivity contribution < 1.29 is 9.47 Å². The molecule has 0 spiro atoms. The van der Waals surface area contributed by atoms with Gasteiger partial charge in [-0.15, -0.1) is 0 Å². The van der Waals surface area contributed by atoms with E-state index >= 15 is 0 Å². The van der Waals surface area contributed by atoms with Crippen LogP contribution in [0.2, 0.25) is 0 Å². The van der Waals surface area contributed by atoms with Crippen LogP contribution < -0.4 is 5.73 Å². The Kier molecular flexibility index (Phi) is 5.17. The number of methoxy groups -OCH3 is 1. The van der Waals surface area contributed by atoms with Crippen LogP contribution in [0.25, 0.3) is 5.76 Å². The van der Waals surface area contributed by atoms with Crippen LogP contribution in [0.15, 0.2) is 54.2 Å². The lowest BCUT2D eigenvalue weighted by molar-refractivity contribution is 0.0632. The predicted octanol–water partition coefficient (Wildman–Crippen LogP) is 2.90. The van der Waals surface area contributed by atoms with Gasteiger partial charge in [0.25, 0.3) is 0 Å². The Balaban J connectivity index is 2.07. The molecular weight excluding hydrogens is 266 g/mol. The number of aliphatic imine (C=N–C) groups is 1. The van der Waals surface area contributed by atoms with Gasteiger partial charge in [-0.05, 0) is 11.6 Å². The Bertz CT molecular complexity index is 618. The molecule has 0 amide bonds. The van der Waals surface area contributed by atoms with E-state index in [0.717, 1.165) is 11.3 Å². The van der Waals surface area contributed by atoms with E-state index in [4.69, 9.17) is 15.2 Å². The summed E-state index contributed by atoms with van der Waals surface area (Å²) >= 11 is 0. The molecule has 1 heterocycles. The zero-order valence-corrected chi connectivity index (χ0v) is 12.0. The van der Waals surface area contributed by atoms with Crippen molar-refractivity contribution in [2.45, 2.75) is 13.3 Å². The van der Waals surface area contributed by atoms with Crippen LogP contribution in [0.3, 0.4) is 0 Å². The molecule has 0 atom stereocenters. The molecule has 0 aliphatic heterocycles. The fourth-order valence-electron chi connectivity index (χ4n) is 1.99. The minimum atomic E-state index is 0.382. The van der Waals surface area contributed by atoms with E-state index in [1.165, 1.54) is 6.34 Å². The predicted molar refractivity (Wildman–Crippen MR) is 84.0 cm³/mol. The monoisotopic (exact) mass is 285 g/mol. The maximum atomic E-state index is 5.72. The summed E-state index contributed by atoms with van der Waals surface area (Å²) in [6.07, 6.45) is 3.11. The molecule has 0 bridgehead atoms.